The number of aryl methyl sites for hydroxylation is 1. The first-order valence-corrected chi connectivity index (χ1v) is 9.45. The molecule has 2 N–H and O–H groups in total. The van der Waals surface area contributed by atoms with Gasteiger partial charge in [-0.2, -0.15) is 0 Å². The highest BCUT2D eigenvalue weighted by Crippen LogP contribution is 2.08. The van der Waals surface area contributed by atoms with Crippen LogP contribution in [0.25, 0.3) is 0 Å². The van der Waals surface area contributed by atoms with E-state index < -0.39 is 0 Å². The average Bonchev–Trinajstić information content (AvgIpc) is 2.69. The molecule has 0 aromatic heterocycles. The van der Waals surface area contributed by atoms with Gasteiger partial charge in [-0.05, 0) is 44.0 Å². The van der Waals surface area contributed by atoms with E-state index in [2.05, 4.69) is 46.8 Å². The van der Waals surface area contributed by atoms with Gasteiger partial charge >= 0.3 is 0 Å². The van der Waals surface area contributed by atoms with Crippen LogP contribution in [0.1, 0.15) is 40.9 Å². The van der Waals surface area contributed by atoms with Crippen LogP contribution in [0.4, 0.5) is 0 Å². The summed E-state index contributed by atoms with van der Waals surface area (Å²) in [5.41, 5.74) is 4.29. The molecule has 2 aromatic rings. The Morgan fingerprint density at radius 3 is 2.11 bits per heavy atom. The third-order valence-electron chi connectivity index (χ3n) is 4.48. The molecule has 28 heavy (non-hydrogen) atoms. The maximum absolute atomic E-state index is 12.4. The summed E-state index contributed by atoms with van der Waals surface area (Å²) in [6.45, 7) is 8.89. The number of aliphatic imine (C=N–C) groups is 1. The molecule has 0 saturated heterocycles. The van der Waals surface area contributed by atoms with Gasteiger partial charge in [0, 0.05) is 38.8 Å². The van der Waals surface area contributed by atoms with Crippen molar-refractivity contribution in [2.45, 2.75) is 33.9 Å². The zero-order valence-electron chi connectivity index (χ0n) is 17.2. The molecule has 0 radical (unpaired) electrons. The summed E-state index contributed by atoms with van der Waals surface area (Å²) in [6, 6.07) is 16.1. The first-order chi connectivity index (χ1) is 13.1. The lowest BCUT2D eigenvalue weighted by atomic mass is 10.1. The number of hydrogen-bond acceptors (Lipinski definition) is 2. The number of carbonyl (C=O) groups excluding carboxylic acids is 1. The van der Waals surface area contributed by atoms with E-state index >= 15 is 0 Å². The standard InChI is InChI=1S/C22H30N4O.HI/c1-5-26(6-2)21(27)20-12-10-18(11-13-20)15-24-22(23-4)25-16-19-9-7-8-17(3)14-19;/h7-14H,5-6,15-16H2,1-4H3,(H2,23,24,25);1H. The lowest BCUT2D eigenvalue weighted by Gasteiger charge is -2.18. The number of hydrogen-bond donors (Lipinski definition) is 2. The number of nitrogens with one attached hydrogen (secondary N) is 2. The molecule has 0 atom stereocenters. The van der Waals surface area contributed by atoms with E-state index in [0.29, 0.717) is 6.54 Å². The fraction of sp³-hybridized carbons (Fsp3) is 0.364. The molecule has 0 spiro atoms. The molecule has 0 heterocycles. The van der Waals surface area contributed by atoms with Crippen LogP contribution in [0, 0.1) is 6.92 Å². The van der Waals surface area contributed by atoms with Gasteiger partial charge in [-0.25, -0.2) is 0 Å². The highest BCUT2D eigenvalue weighted by Gasteiger charge is 2.11. The van der Waals surface area contributed by atoms with Crippen molar-refractivity contribution in [2.75, 3.05) is 20.1 Å². The van der Waals surface area contributed by atoms with Crippen molar-refractivity contribution < 1.29 is 4.79 Å². The minimum Gasteiger partial charge on any atom is -0.352 e. The molecule has 152 valence electrons. The van der Waals surface area contributed by atoms with Crippen molar-refractivity contribution in [3.63, 3.8) is 0 Å². The average molecular weight is 494 g/mol. The molecule has 2 aromatic carbocycles. The van der Waals surface area contributed by atoms with Gasteiger partial charge in [-0.1, -0.05) is 42.0 Å². The molecule has 2 rings (SSSR count). The fourth-order valence-electron chi connectivity index (χ4n) is 2.87. The SMILES string of the molecule is CCN(CC)C(=O)c1ccc(CNC(=NC)NCc2cccc(C)c2)cc1.I. The normalized spacial score (nSPS) is 10.8. The van der Waals surface area contributed by atoms with Gasteiger partial charge < -0.3 is 15.5 Å². The Hall–Kier alpha value is -2.09. The molecular formula is C22H31IN4O. The van der Waals surface area contributed by atoms with Crippen molar-refractivity contribution >= 4 is 35.8 Å². The Morgan fingerprint density at radius 2 is 1.57 bits per heavy atom. The third kappa shape index (κ3) is 7.14. The molecular weight excluding hydrogens is 463 g/mol. The molecule has 0 aliphatic rings. The van der Waals surface area contributed by atoms with E-state index in [1.165, 1.54) is 11.1 Å². The number of halogens is 1. The second kappa shape index (κ2) is 12.4. The molecule has 5 nitrogen and oxygen atoms in total. The topological polar surface area (TPSA) is 56.7 Å². The molecule has 6 heteroatoms. The number of guanidine groups is 1. The number of nitrogens with zero attached hydrogens (tertiary/aromatic N) is 2. The van der Waals surface area contributed by atoms with E-state index in [0.717, 1.165) is 36.7 Å². The van der Waals surface area contributed by atoms with Crippen molar-refractivity contribution in [3.05, 3.63) is 70.8 Å². The van der Waals surface area contributed by atoms with Crippen molar-refractivity contribution in [3.8, 4) is 0 Å². The van der Waals surface area contributed by atoms with Crippen LogP contribution in [0.15, 0.2) is 53.5 Å². The lowest BCUT2D eigenvalue weighted by Crippen LogP contribution is -2.36. The van der Waals surface area contributed by atoms with Crippen LogP contribution in [0.3, 0.4) is 0 Å². The van der Waals surface area contributed by atoms with Crippen LogP contribution in [-0.4, -0.2) is 36.9 Å². The maximum Gasteiger partial charge on any atom is 0.253 e. The number of amides is 1. The van der Waals surface area contributed by atoms with Gasteiger partial charge in [-0.15, -0.1) is 24.0 Å². The summed E-state index contributed by atoms with van der Waals surface area (Å²) in [5.74, 6) is 0.829. The molecule has 0 aliphatic heterocycles. The molecule has 0 bridgehead atoms. The smallest absolute Gasteiger partial charge is 0.253 e. The summed E-state index contributed by atoms with van der Waals surface area (Å²) >= 11 is 0. The highest BCUT2D eigenvalue weighted by molar-refractivity contribution is 14.0. The van der Waals surface area contributed by atoms with Gasteiger partial charge in [0.2, 0.25) is 0 Å². The number of benzene rings is 2. The Morgan fingerprint density at radius 1 is 0.964 bits per heavy atom. The number of carbonyl (C=O) groups is 1. The first kappa shape index (κ1) is 23.9. The summed E-state index contributed by atoms with van der Waals surface area (Å²) in [4.78, 5) is 18.4. The summed E-state index contributed by atoms with van der Waals surface area (Å²) in [5, 5.41) is 6.63. The Kier molecular flexibility index (Phi) is 10.6. The van der Waals surface area contributed by atoms with E-state index in [1.807, 2.05) is 43.0 Å². The second-order valence-electron chi connectivity index (χ2n) is 6.44. The van der Waals surface area contributed by atoms with Gasteiger partial charge in [0.05, 0.1) is 0 Å². The van der Waals surface area contributed by atoms with Crippen LogP contribution < -0.4 is 10.6 Å². The fourth-order valence-corrected chi connectivity index (χ4v) is 2.87. The van der Waals surface area contributed by atoms with Crippen LogP contribution in [0.5, 0.6) is 0 Å². The quantitative estimate of drug-likeness (QED) is 0.348. The van der Waals surface area contributed by atoms with E-state index in [1.54, 1.807) is 7.05 Å². The monoisotopic (exact) mass is 494 g/mol. The largest absolute Gasteiger partial charge is 0.352 e. The molecule has 0 aliphatic carbocycles. The van der Waals surface area contributed by atoms with Crippen LogP contribution in [-0.2, 0) is 13.1 Å². The minimum atomic E-state index is 0. The van der Waals surface area contributed by atoms with Gasteiger partial charge in [0.25, 0.3) is 5.91 Å². The van der Waals surface area contributed by atoms with Crippen molar-refractivity contribution in [1.29, 1.82) is 0 Å². The Labute approximate surface area is 185 Å². The summed E-state index contributed by atoms with van der Waals surface area (Å²) in [6.07, 6.45) is 0. The zero-order valence-corrected chi connectivity index (χ0v) is 19.5. The van der Waals surface area contributed by atoms with Crippen LogP contribution in [0.2, 0.25) is 0 Å². The number of rotatable bonds is 7. The Bertz CT molecular complexity index is 770. The predicted molar refractivity (Wildman–Crippen MR) is 127 cm³/mol. The first-order valence-electron chi connectivity index (χ1n) is 9.45. The van der Waals surface area contributed by atoms with Crippen LogP contribution >= 0.6 is 24.0 Å². The maximum atomic E-state index is 12.4. The summed E-state index contributed by atoms with van der Waals surface area (Å²) in [7, 11) is 1.76. The van der Waals surface area contributed by atoms with Crippen molar-refractivity contribution in [1.82, 2.24) is 15.5 Å². The molecule has 0 unspecified atom stereocenters. The molecule has 0 fully saturated rings. The van der Waals surface area contributed by atoms with Gasteiger partial charge in [0.15, 0.2) is 5.96 Å². The third-order valence-corrected chi connectivity index (χ3v) is 4.48. The summed E-state index contributed by atoms with van der Waals surface area (Å²) < 4.78 is 0. The van der Waals surface area contributed by atoms with Gasteiger partial charge in [-0.3, -0.25) is 9.79 Å². The van der Waals surface area contributed by atoms with Crippen molar-refractivity contribution in [2.24, 2.45) is 4.99 Å². The molecule has 0 saturated carbocycles. The highest BCUT2D eigenvalue weighted by atomic mass is 127. The second-order valence-corrected chi connectivity index (χ2v) is 6.44. The zero-order chi connectivity index (χ0) is 19.6. The van der Waals surface area contributed by atoms with Gasteiger partial charge in [0.1, 0.15) is 0 Å². The lowest BCUT2D eigenvalue weighted by molar-refractivity contribution is 0.0773. The Balaban J connectivity index is 0.00000392. The minimum absolute atomic E-state index is 0. The van der Waals surface area contributed by atoms with E-state index in [4.69, 9.17) is 0 Å². The predicted octanol–water partition coefficient (Wildman–Crippen LogP) is 3.96. The molecule has 1 amide bonds. The van der Waals surface area contributed by atoms with E-state index in [-0.39, 0.29) is 29.9 Å². The van der Waals surface area contributed by atoms with E-state index in [9.17, 15) is 4.79 Å².